The largest absolute Gasteiger partial charge is 0.480 e. The average molecular weight is 290 g/mol. The molecule has 0 fully saturated rings. The topological polar surface area (TPSA) is 157 Å². The van der Waals surface area contributed by atoms with Crippen molar-refractivity contribution < 1.29 is 34.2 Å². The molecular weight excluding hydrogens is 279 g/mol. The predicted molar refractivity (Wildman–Crippen MR) is 62.2 cm³/mol. The number of aromatic nitrogens is 1. The Balaban J connectivity index is 2.84. The summed E-state index contributed by atoms with van der Waals surface area (Å²) in [6, 6.07) is 0.961. The number of aliphatic carboxylic acids is 1. The lowest BCUT2D eigenvalue weighted by molar-refractivity contribution is -0.139. The molecule has 0 saturated carbocycles. The molecule has 0 aliphatic rings. The number of hydrogen-bond acceptors (Lipinski definition) is 4. The Kier molecular flexibility index (Phi) is 4.60. The highest BCUT2D eigenvalue weighted by Gasteiger charge is 2.22. The first-order valence-corrected chi connectivity index (χ1v) is 6.54. The maximum Gasteiger partial charge on any atom is 0.405 e. The number of carboxylic acids is 1. The third kappa shape index (κ3) is 4.66. The van der Waals surface area contributed by atoms with Crippen molar-refractivity contribution in [3.8, 4) is 0 Å². The van der Waals surface area contributed by atoms with Crippen LogP contribution < -0.4 is 10.6 Å². The number of amides is 1. The van der Waals surface area contributed by atoms with Crippen LogP contribution in [0.4, 0.5) is 4.79 Å². The Labute approximate surface area is 107 Å². The van der Waals surface area contributed by atoms with E-state index < -0.39 is 25.7 Å². The molecule has 19 heavy (non-hydrogen) atoms. The third-order valence-electron chi connectivity index (χ3n) is 2.15. The van der Waals surface area contributed by atoms with E-state index in [9.17, 15) is 14.2 Å². The van der Waals surface area contributed by atoms with Crippen molar-refractivity contribution in [3.05, 3.63) is 24.0 Å². The van der Waals surface area contributed by atoms with Crippen molar-refractivity contribution in [1.82, 2.24) is 10.3 Å². The predicted octanol–water partition coefficient (Wildman–Crippen LogP) is -0.852. The van der Waals surface area contributed by atoms with E-state index in [-0.39, 0.29) is 17.4 Å². The molecule has 1 heterocycles. The van der Waals surface area contributed by atoms with Crippen LogP contribution >= 0.6 is 7.60 Å². The number of nitrogens with one attached hydrogen (secondary N) is 1. The Morgan fingerprint density at radius 1 is 1.32 bits per heavy atom. The molecule has 0 unspecified atom stereocenters. The second kappa shape index (κ2) is 5.79. The summed E-state index contributed by atoms with van der Waals surface area (Å²) in [5.74, 6) is -1.37. The SMILES string of the molecule is O=C(O)N[C@@H](Cc1ccc(P(=O)(O)O)cn1)C(=O)O. The molecule has 0 aliphatic carbocycles. The van der Waals surface area contributed by atoms with Crippen LogP contribution in [0.5, 0.6) is 0 Å². The Bertz CT molecular complexity index is 524. The quantitative estimate of drug-likeness (QED) is 0.439. The zero-order chi connectivity index (χ0) is 14.6. The van der Waals surface area contributed by atoms with E-state index in [1.807, 2.05) is 0 Å². The molecule has 10 heteroatoms. The maximum absolute atomic E-state index is 10.9. The summed E-state index contributed by atoms with van der Waals surface area (Å²) >= 11 is 0. The van der Waals surface area contributed by atoms with Gasteiger partial charge >= 0.3 is 19.7 Å². The van der Waals surface area contributed by atoms with Crippen LogP contribution in [0.25, 0.3) is 0 Å². The van der Waals surface area contributed by atoms with Crippen molar-refractivity contribution >= 4 is 25.0 Å². The Morgan fingerprint density at radius 3 is 2.32 bits per heavy atom. The molecule has 0 saturated heterocycles. The van der Waals surface area contributed by atoms with Crippen LogP contribution in [-0.4, -0.2) is 43.1 Å². The molecule has 1 atom stereocenters. The summed E-state index contributed by atoms with van der Waals surface area (Å²) in [5, 5.41) is 18.8. The molecule has 1 rings (SSSR count). The van der Waals surface area contributed by atoms with Gasteiger partial charge in [-0.15, -0.1) is 0 Å². The summed E-state index contributed by atoms with van der Waals surface area (Å²) in [6.45, 7) is 0. The minimum atomic E-state index is -4.40. The molecule has 9 nitrogen and oxygen atoms in total. The lowest BCUT2D eigenvalue weighted by Crippen LogP contribution is -2.41. The van der Waals surface area contributed by atoms with Crippen molar-refractivity contribution in [2.24, 2.45) is 0 Å². The maximum atomic E-state index is 10.9. The van der Waals surface area contributed by atoms with Gasteiger partial charge in [-0.3, -0.25) is 9.55 Å². The molecule has 1 amide bonds. The first-order chi connectivity index (χ1) is 8.70. The van der Waals surface area contributed by atoms with Gasteiger partial charge in [-0.1, -0.05) is 0 Å². The highest BCUT2D eigenvalue weighted by molar-refractivity contribution is 7.60. The van der Waals surface area contributed by atoms with Crippen molar-refractivity contribution in [3.63, 3.8) is 0 Å². The number of nitrogens with zero attached hydrogens (tertiary/aromatic N) is 1. The molecule has 1 aromatic heterocycles. The highest BCUT2D eigenvalue weighted by atomic mass is 31.2. The van der Waals surface area contributed by atoms with E-state index in [4.69, 9.17) is 20.0 Å². The van der Waals surface area contributed by atoms with Crippen LogP contribution in [0.3, 0.4) is 0 Å². The molecule has 0 radical (unpaired) electrons. The molecule has 104 valence electrons. The Hall–Kier alpha value is -1.96. The molecular formula is C9H11N2O7P. The minimum Gasteiger partial charge on any atom is -0.480 e. The van der Waals surface area contributed by atoms with E-state index in [1.54, 1.807) is 5.32 Å². The van der Waals surface area contributed by atoms with Crippen LogP contribution in [-0.2, 0) is 15.8 Å². The van der Waals surface area contributed by atoms with Crippen molar-refractivity contribution in [1.29, 1.82) is 0 Å². The van der Waals surface area contributed by atoms with Crippen LogP contribution in [0.1, 0.15) is 5.69 Å². The van der Waals surface area contributed by atoms with E-state index in [1.165, 1.54) is 6.07 Å². The lowest BCUT2D eigenvalue weighted by Gasteiger charge is -2.12. The van der Waals surface area contributed by atoms with Gasteiger partial charge < -0.3 is 25.3 Å². The summed E-state index contributed by atoms with van der Waals surface area (Å²) in [7, 11) is -4.40. The van der Waals surface area contributed by atoms with Gasteiger partial charge in [0.05, 0.1) is 5.30 Å². The van der Waals surface area contributed by atoms with Crippen LogP contribution in [0.15, 0.2) is 18.3 Å². The fraction of sp³-hybridized carbons (Fsp3) is 0.222. The van der Waals surface area contributed by atoms with Gasteiger partial charge in [0, 0.05) is 18.3 Å². The van der Waals surface area contributed by atoms with Gasteiger partial charge in [-0.2, -0.15) is 0 Å². The van der Waals surface area contributed by atoms with Crippen molar-refractivity contribution in [2.45, 2.75) is 12.5 Å². The fourth-order valence-corrected chi connectivity index (χ4v) is 1.74. The highest BCUT2D eigenvalue weighted by Crippen LogP contribution is 2.32. The van der Waals surface area contributed by atoms with Crippen LogP contribution in [0.2, 0.25) is 0 Å². The molecule has 5 N–H and O–H groups in total. The minimum absolute atomic E-state index is 0.193. The monoisotopic (exact) mass is 290 g/mol. The van der Waals surface area contributed by atoms with E-state index >= 15 is 0 Å². The standard InChI is InChI=1S/C9H11N2O7P/c12-8(13)7(11-9(14)15)3-5-1-2-6(4-10-5)19(16,17)18/h1-2,4,7,11H,3H2,(H,12,13)(H,14,15)(H2,16,17,18)/t7-/m0/s1. The van der Waals surface area contributed by atoms with E-state index in [2.05, 4.69) is 4.98 Å². The number of pyridine rings is 1. The normalized spacial score (nSPS) is 12.7. The zero-order valence-electron chi connectivity index (χ0n) is 9.42. The average Bonchev–Trinajstić information content (AvgIpc) is 2.27. The van der Waals surface area contributed by atoms with Gasteiger partial charge in [0.2, 0.25) is 0 Å². The van der Waals surface area contributed by atoms with Gasteiger partial charge in [-0.25, -0.2) is 9.59 Å². The zero-order valence-corrected chi connectivity index (χ0v) is 10.3. The number of rotatable bonds is 5. The molecule has 0 aliphatic heterocycles. The number of carboxylic acid groups (broad SMARTS) is 2. The lowest BCUT2D eigenvalue weighted by atomic mass is 10.1. The Morgan fingerprint density at radius 2 is 1.95 bits per heavy atom. The summed E-state index contributed by atoms with van der Waals surface area (Å²) in [6.07, 6.45) is -0.794. The van der Waals surface area contributed by atoms with Gasteiger partial charge in [0.25, 0.3) is 0 Å². The van der Waals surface area contributed by atoms with E-state index in [0.29, 0.717) is 0 Å². The fourth-order valence-electron chi connectivity index (χ4n) is 1.27. The molecule has 1 aromatic rings. The molecule has 0 aromatic carbocycles. The van der Waals surface area contributed by atoms with Crippen molar-refractivity contribution in [2.75, 3.05) is 0 Å². The third-order valence-corrected chi connectivity index (χ3v) is 3.09. The first-order valence-electron chi connectivity index (χ1n) is 4.93. The van der Waals surface area contributed by atoms with Gasteiger partial charge in [0.15, 0.2) is 0 Å². The van der Waals surface area contributed by atoms with Gasteiger partial charge in [-0.05, 0) is 12.1 Å². The molecule has 0 spiro atoms. The van der Waals surface area contributed by atoms with E-state index in [0.717, 1.165) is 12.3 Å². The summed E-state index contributed by atoms with van der Waals surface area (Å²) in [4.78, 5) is 42.6. The molecule has 0 bridgehead atoms. The smallest absolute Gasteiger partial charge is 0.405 e. The van der Waals surface area contributed by atoms with Crippen LogP contribution in [0, 0.1) is 0 Å². The summed E-state index contributed by atoms with van der Waals surface area (Å²) in [5.41, 5.74) is 0.193. The van der Waals surface area contributed by atoms with Gasteiger partial charge in [0.1, 0.15) is 6.04 Å². The number of hydrogen-bond donors (Lipinski definition) is 5. The second-order valence-electron chi connectivity index (χ2n) is 3.60. The first kappa shape index (κ1) is 15.1. The second-order valence-corrected chi connectivity index (χ2v) is 5.20. The number of carbonyl (C=O) groups is 2. The summed E-state index contributed by atoms with van der Waals surface area (Å²) < 4.78 is 10.9.